The van der Waals surface area contributed by atoms with E-state index in [0.717, 1.165) is 22.6 Å². The molecule has 0 aliphatic carbocycles. The van der Waals surface area contributed by atoms with Gasteiger partial charge in [-0.15, -0.1) is 0 Å². The van der Waals surface area contributed by atoms with Crippen molar-refractivity contribution in [2.75, 3.05) is 26.4 Å². The summed E-state index contributed by atoms with van der Waals surface area (Å²) in [4.78, 5) is 13.2. The highest BCUT2D eigenvalue weighted by Gasteiger charge is 2.41. The van der Waals surface area contributed by atoms with Crippen molar-refractivity contribution >= 4 is 5.78 Å². The highest BCUT2D eigenvalue weighted by molar-refractivity contribution is 5.85. The Morgan fingerprint density at radius 2 is 1.21 bits per heavy atom. The van der Waals surface area contributed by atoms with Crippen LogP contribution in [0.15, 0.2) is 48.5 Å². The smallest absolute Gasteiger partial charge is 0.142 e. The SMILES string of the molecule is C[C@H]1C(=O)[C@H](C)[C@H]2N[C@H]1c1ccccc1OCCOCCOc1ccccc12. The van der Waals surface area contributed by atoms with Crippen molar-refractivity contribution in [1.82, 2.24) is 5.32 Å². The highest BCUT2D eigenvalue weighted by Crippen LogP contribution is 2.42. The molecule has 2 aliphatic heterocycles. The quantitative estimate of drug-likeness (QED) is 0.754. The Labute approximate surface area is 166 Å². The van der Waals surface area contributed by atoms with Gasteiger partial charge in [0.15, 0.2) is 0 Å². The first kappa shape index (κ1) is 19.0. The summed E-state index contributed by atoms with van der Waals surface area (Å²) in [5, 5.41) is 3.74. The number of fused-ring (bicyclic) bond motifs is 6. The molecule has 0 saturated carbocycles. The molecule has 2 aromatic rings. The third kappa shape index (κ3) is 3.64. The second kappa shape index (κ2) is 8.33. The van der Waals surface area contributed by atoms with Gasteiger partial charge in [0.25, 0.3) is 0 Å². The van der Waals surface area contributed by atoms with Crippen LogP contribution in [0.3, 0.4) is 0 Å². The van der Waals surface area contributed by atoms with Crippen molar-refractivity contribution in [1.29, 1.82) is 0 Å². The number of ether oxygens (including phenoxy) is 3. The molecule has 0 unspecified atom stereocenters. The molecular weight excluding hydrogens is 354 g/mol. The van der Waals surface area contributed by atoms with Crippen molar-refractivity contribution in [3.8, 4) is 11.5 Å². The summed E-state index contributed by atoms with van der Waals surface area (Å²) in [6, 6.07) is 15.7. The lowest BCUT2D eigenvalue weighted by atomic mass is 9.76. The minimum Gasteiger partial charge on any atom is -0.491 e. The van der Waals surface area contributed by atoms with Crippen LogP contribution in [0.2, 0.25) is 0 Å². The lowest BCUT2D eigenvalue weighted by molar-refractivity contribution is -0.130. The normalized spacial score (nSPS) is 28.1. The Morgan fingerprint density at radius 3 is 1.71 bits per heavy atom. The van der Waals surface area contributed by atoms with Gasteiger partial charge in [-0.3, -0.25) is 4.79 Å². The van der Waals surface area contributed by atoms with E-state index in [1.807, 2.05) is 62.4 Å². The van der Waals surface area contributed by atoms with E-state index in [-0.39, 0.29) is 29.7 Å². The lowest BCUT2D eigenvalue weighted by Gasteiger charge is -2.40. The van der Waals surface area contributed by atoms with Gasteiger partial charge in [-0.05, 0) is 12.1 Å². The van der Waals surface area contributed by atoms with Crippen LogP contribution in [-0.2, 0) is 9.53 Å². The van der Waals surface area contributed by atoms with Crippen molar-refractivity contribution in [3.63, 3.8) is 0 Å². The van der Waals surface area contributed by atoms with E-state index in [4.69, 9.17) is 14.2 Å². The summed E-state index contributed by atoms with van der Waals surface area (Å²) in [6.45, 7) is 5.90. The van der Waals surface area contributed by atoms with Crippen LogP contribution in [0.4, 0.5) is 0 Å². The molecule has 2 aliphatic rings. The number of piperidine rings is 1. The van der Waals surface area contributed by atoms with E-state index >= 15 is 0 Å². The Morgan fingerprint density at radius 1 is 0.750 bits per heavy atom. The topological polar surface area (TPSA) is 56.8 Å². The molecule has 2 bridgehead atoms. The van der Waals surface area contributed by atoms with E-state index < -0.39 is 0 Å². The molecule has 0 amide bonds. The first-order chi connectivity index (χ1) is 13.7. The molecule has 2 aromatic carbocycles. The molecule has 0 radical (unpaired) electrons. The van der Waals surface area contributed by atoms with Crippen LogP contribution in [0, 0.1) is 11.8 Å². The van der Waals surface area contributed by atoms with Gasteiger partial charge in [-0.2, -0.15) is 0 Å². The maximum absolute atomic E-state index is 13.2. The first-order valence-electron chi connectivity index (χ1n) is 9.98. The Kier molecular flexibility index (Phi) is 5.64. The molecule has 1 fully saturated rings. The average molecular weight is 381 g/mol. The number of carbonyl (C=O) groups is 1. The van der Waals surface area contributed by atoms with Gasteiger partial charge in [0, 0.05) is 35.0 Å². The summed E-state index contributed by atoms with van der Waals surface area (Å²) < 4.78 is 17.6. The summed E-state index contributed by atoms with van der Waals surface area (Å²) in [5.41, 5.74) is 2.02. The van der Waals surface area contributed by atoms with Gasteiger partial charge >= 0.3 is 0 Å². The molecule has 5 heteroatoms. The largest absolute Gasteiger partial charge is 0.491 e. The standard InChI is InChI=1S/C23H27NO4/c1-15-21-17-7-3-5-9-19(17)27-13-11-26-12-14-28-20-10-6-4-8-18(20)22(24-21)16(2)23(15)25/h3-10,15-16,21-22,24H,11-14H2,1-2H3/t15-,16-,21-,22-/m1/s1. The predicted molar refractivity (Wildman–Crippen MR) is 107 cm³/mol. The van der Waals surface area contributed by atoms with Crippen molar-refractivity contribution < 1.29 is 19.0 Å². The molecule has 0 aromatic heterocycles. The number of nitrogens with one attached hydrogen (secondary N) is 1. The summed E-state index contributed by atoms with van der Waals surface area (Å²) >= 11 is 0. The predicted octanol–water partition coefficient (Wildman–Crippen LogP) is 3.70. The van der Waals surface area contributed by atoms with Crippen LogP contribution < -0.4 is 14.8 Å². The minimum atomic E-state index is -0.145. The fourth-order valence-electron chi connectivity index (χ4n) is 4.20. The van der Waals surface area contributed by atoms with Crippen molar-refractivity contribution in [3.05, 3.63) is 59.7 Å². The first-order valence-corrected chi connectivity index (χ1v) is 9.98. The number of Topliss-reactive ketones (excluding diaryl/α,β-unsaturated/α-hetero) is 1. The van der Waals surface area contributed by atoms with Crippen LogP contribution >= 0.6 is 0 Å². The molecule has 148 valence electrons. The van der Waals surface area contributed by atoms with Gasteiger partial charge < -0.3 is 19.5 Å². The molecule has 0 spiro atoms. The molecule has 1 saturated heterocycles. The van der Waals surface area contributed by atoms with Crippen LogP contribution in [0.5, 0.6) is 11.5 Å². The highest BCUT2D eigenvalue weighted by atomic mass is 16.5. The minimum absolute atomic E-state index is 0.123. The van der Waals surface area contributed by atoms with Gasteiger partial charge in [-0.25, -0.2) is 0 Å². The summed E-state index contributed by atoms with van der Waals surface area (Å²) in [5.74, 6) is 1.58. The van der Waals surface area contributed by atoms with Crippen LogP contribution in [-0.4, -0.2) is 32.2 Å². The molecule has 2 heterocycles. The molecule has 4 atom stereocenters. The lowest BCUT2D eigenvalue weighted by Crippen LogP contribution is -2.46. The molecular formula is C23H27NO4. The Bertz CT molecular complexity index is 771. The third-order valence-corrected chi connectivity index (χ3v) is 5.74. The van der Waals surface area contributed by atoms with Crippen molar-refractivity contribution in [2.24, 2.45) is 11.8 Å². The number of hydrogen-bond acceptors (Lipinski definition) is 5. The monoisotopic (exact) mass is 381 g/mol. The fraction of sp³-hybridized carbons (Fsp3) is 0.435. The van der Waals surface area contributed by atoms with E-state index in [9.17, 15) is 4.79 Å². The van der Waals surface area contributed by atoms with Gasteiger partial charge in [-0.1, -0.05) is 50.2 Å². The fourth-order valence-corrected chi connectivity index (χ4v) is 4.20. The summed E-state index contributed by atoms with van der Waals surface area (Å²) in [7, 11) is 0. The van der Waals surface area contributed by atoms with Gasteiger partial charge in [0.1, 0.15) is 30.5 Å². The number of para-hydroxylation sites is 2. The zero-order chi connectivity index (χ0) is 19.5. The Balaban J connectivity index is 1.78. The number of hydrogen-bond donors (Lipinski definition) is 1. The second-order valence-electron chi connectivity index (χ2n) is 7.49. The number of carbonyl (C=O) groups excluding carboxylic acids is 1. The maximum Gasteiger partial charge on any atom is 0.142 e. The van der Waals surface area contributed by atoms with Crippen molar-refractivity contribution in [2.45, 2.75) is 25.9 Å². The van der Waals surface area contributed by atoms with Gasteiger partial charge in [0.2, 0.25) is 0 Å². The second-order valence-corrected chi connectivity index (χ2v) is 7.49. The van der Waals surface area contributed by atoms with Crippen LogP contribution in [0.25, 0.3) is 0 Å². The zero-order valence-electron chi connectivity index (χ0n) is 16.4. The zero-order valence-corrected chi connectivity index (χ0v) is 16.4. The third-order valence-electron chi connectivity index (χ3n) is 5.74. The molecule has 4 rings (SSSR count). The molecule has 28 heavy (non-hydrogen) atoms. The number of ketones is 1. The van der Waals surface area contributed by atoms with E-state index in [0.29, 0.717) is 26.4 Å². The maximum atomic E-state index is 13.2. The number of benzene rings is 2. The summed E-state index contributed by atoms with van der Waals surface area (Å²) in [6.07, 6.45) is 0. The van der Waals surface area contributed by atoms with E-state index in [2.05, 4.69) is 5.32 Å². The van der Waals surface area contributed by atoms with Crippen LogP contribution in [0.1, 0.15) is 37.1 Å². The molecule has 5 nitrogen and oxygen atoms in total. The molecule has 1 N–H and O–H groups in total. The Hall–Kier alpha value is -2.37. The number of rotatable bonds is 0. The van der Waals surface area contributed by atoms with Gasteiger partial charge in [0.05, 0.1) is 13.2 Å². The average Bonchev–Trinajstić information content (AvgIpc) is 2.72. The van der Waals surface area contributed by atoms with E-state index in [1.54, 1.807) is 0 Å². The van der Waals surface area contributed by atoms with E-state index in [1.165, 1.54) is 0 Å².